The highest BCUT2D eigenvalue weighted by Crippen LogP contribution is 2.30. The third-order valence-corrected chi connectivity index (χ3v) is 9.48. The number of fused-ring (bicyclic) bond motifs is 1. The van der Waals surface area contributed by atoms with Crippen molar-refractivity contribution in [3.05, 3.63) is 92.8 Å². The molecule has 1 unspecified atom stereocenters. The SMILES string of the molecule is CCn1c(C)cc2c(=O)n(-c3cc(F)cc(-c4cc(Nc5ccc(N6CCN(C7COC7)CC6C)cn5)c(=O)n(C)c4)c3C=O)ncc21. The van der Waals surface area contributed by atoms with Gasteiger partial charge in [-0.15, -0.1) is 0 Å². The van der Waals surface area contributed by atoms with Gasteiger partial charge in [-0.25, -0.2) is 9.37 Å². The van der Waals surface area contributed by atoms with E-state index in [2.05, 4.69) is 32.1 Å². The zero-order valence-electron chi connectivity index (χ0n) is 27.3. The molecule has 2 aliphatic heterocycles. The fourth-order valence-electron chi connectivity index (χ4n) is 6.87. The summed E-state index contributed by atoms with van der Waals surface area (Å²) in [6.45, 7) is 11.1. The summed E-state index contributed by atoms with van der Waals surface area (Å²) in [6.07, 6.45) is 5.43. The predicted molar refractivity (Wildman–Crippen MR) is 182 cm³/mol. The number of nitrogens with one attached hydrogen (secondary N) is 1. The van der Waals surface area contributed by atoms with Gasteiger partial charge in [0, 0.05) is 68.4 Å². The molecule has 0 radical (unpaired) electrons. The molecule has 6 heterocycles. The maximum atomic E-state index is 15.2. The molecule has 1 aromatic carbocycles. The normalized spacial score (nSPS) is 17.1. The van der Waals surface area contributed by atoms with Gasteiger partial charge in [-0.1, -0.05) is 0 Å². The minimum Gasteiger partial charge on any atom is -0.378 e. The molecule has 12 nitrogen and oxygen atoms in total. The quantitative estimate of drug-likeness (QED) is 0.249. The van der Waals surface area contributed by atoms with Crippen LogP contribution in [0.1, 0.15) is 29.9 Å². The van der Waals surface area contributed by atoms with E-state index in [-0.39, 0.29) is 28.1 Å². The standard InChI is InChI=1S/C35H37FN8O4/c1-5-42-21(2)10-28-32(42)15-38-44(34(28)46)31-13-24(36)12-27(29(31)18-45)23-11-30(35(47)40(4)17-23)39-33-7-6-25(14-37-33)43-9-8-41(16-22(43)3)26-19-48-20-26/h6-7,10-15,17-18,22,26H,5,8-9,16,19-20H2,1-4H3,(H,37,39). The maximum Gasteiger partial charge on any atom is 0.280 e. The highest BCUT2D eigenvalue weighted by atomic mass is 19.1. The number of pyridine rings is 2. The summed E-state index contributed by atoms with van der Waals surface area (Å²) in [6, 6.07) is 10.3. The first-order chi connectivity index (χ1) is 23.2. The van der Waals surface area contributed by atoms with Crippen LogP contribution < -0.4 is 21.3 Å². The average Bonchev–Trinajstić information content (AvgIpc) is 3.38. The fourth-order valence-corrected chi connectivity index (χ4v) is 6.87. The minimum absolute atomic E-state index is 0.00509. The number of hydrogen-bond donors (Lipinski definition) is 1. The summed E-state index contributed by atoms with van der Waals surface area (Å²) in [5, 5.41) is 7.84. The third-order valence-electron chi connectivity index (χ3n) is 9.48. The summed E-state index contributed by atoms with van der Waals surface area (Å²) >= 11 is 0. The van der Waals surface area contributed by atoms with Crippen LogP contribution in [0.2, 0.25) is 0 Å². The number of piperazine rings is 1. The number of hydrogen-bond acceptors (Lipinski definition) is 9. The van der Waals surface area contributed by atoms with Crippen molar-refractivity contribution in [2.45, 2.75) is 39.4 Å². The second-order valence-corrected chi connectivity index (χ2v) is 12.5. The molecule has 48 heavy (non-hydrogen) atoms. The molecule has 4 aromatic heterocycles. The first-order valence-electron chi connectivity index (χ1n) is 16.1. The number of ether oxygens (including phenoxy) is 1. The molecular weight excluding hydrogens is 615 g/mol. The number of aromatic nitrogens is 5. The van der Waals surface area contributed by atoms with E-state index in [1.165, 1.54) is 16.8 Å². The Morgan fingerprint density at radius 1 is 1.08 bits per heavy atom. The molecule has 2 aliphatic rings. The Kier molecular flexibility index (Phi) is 8.17. The van der Waals surface area contributed by atoms with Crippen LogP contribution in [0.25, 0.3) is 27.7 Å². The number of anilines is 3. The van der Waals surface area contributed by atoms with E-state index in [9.17, 15) is 14.4 Å². The van der Waals surface area contributed by atoms with E-state index in [4.69, 9.17) is 4.74 Å². The van der Waals surface area contributed by atoms with Gasteiger partial charge >= 0.3 is 0 Å². The Balaban J connectivity index is 1.20. The number of benzene rings is 1. The van der Waals surface area contributed by atoms with Gasteiger partial charge in [-0.2, -0.15) is 9.78 Å². The van der Waals surface area contributed by atoms with Crippen molar-refractivity contribution < 1.29 is 13.9 Å². The molecule has 0 saturated carbocycles. The van der Waals surface area contributed by atoms with Crippen molar-refractivity contribution in [3.63, 3.8) is 0 Å². The molecule has 2 fully saturated rings. The van der Waals surface area contributed by atoms with Crippen molar-refractivity contribution >= 4 is 34.4 Å². The molecule has 0 aliphatic carbocycles. The van der Waals surface area contributed by atoms with E-state index in [1.807, 2.05) is 30.5 Å². The van der Waals surface area contributed by atoms with Crippen LogP contribution in [0, 0.1) is 12.7 Å². The highest BCUT2D eigenvalue weighted by molar-refractivity contribution is 5.93. The second kappa shape index (κ2) is 12.5. The lowest BCUT2D eigenvalue weighted by molar-refractivity contribution is -0.0691. The first-order valence-corrected chi connectivity index (χ1v) is 16.1. The van der Waals surface area contributed by atoms with Crippen LogP contribution in [0.3, 0.4) is 0 Å². The third kappa shape index (κ3) is 5.48. The van der Waals surface area contributed by atoms with E-state index in [0.717, 1.165) is 55.0 Å². The fraction of sp³-hybridized carbons (Fsp3) is 0.343. The van der Waals surface area contributed by atoms with E-state index in [0.29, 0.717) is 47.2 Å². The van der Waals surface area contributed by atoms with Gasteiger partial charge in [0.15, 0.2) is 6.29 Å². The van der Waals surface area contributed by atoms with Gasteiger partial charge in [0.2, 0.25) is 0 Å². The lowest BCUT2D eigenvalue weighted by atomic mass is 9.99. The van der Waals surface area contributed by atoms with Gasteiger partial charge < -0.3 is 24.1 Å². The molecular formula is C35H37FN8O4. The number of aryl methyl sites for hydroxylation is 3. The number of carbonyl (C=O) groups excluding carboxylic acids is 1. The zero-order chi connectivity index (χ0) is 33.7. The maximum absolute atomic E-state index is 15.2. The number of aldehydes is 1. The summed E-state index contributed by atoms with van der Waals surface area (Å²) in [4.78, 5) is 48.8. The average molecular weight is 653 g/mol. The summed E-state index contributed by atoms with van der Waals surface area (Å²) < 4.78 is 25.0. The highest BCUT2D eigenvalue weighted by Gasteiger charge is 2.32. The van der Waals surface area contributed by atoms with Crippen LogP contribution in [0.15, 0.2) is 64.6 Å². The lowest BCUT2D eigenvalue weighted by Crippen LogP contribution is -2.59. The molecule has 2 saturated heterocycles. The van der Waals surface area contributed by atoms with E-state index >= 15 is 4.39 Å². The zero-order valence-corrected chi connectivity index (χ0v) is 27.3. The molecule has 5 aromatic rings. The Morgan fingerprint density at radius 3 is 2.56 bits per heavy atom. The van der Waals surface area contributed by atoms with Crippen molar-refractivity contribution in [2.75, 3.05) is 43.1 Å². The van der Waals surface area contributed by atoms with Crippen LogP contribution in [-0.4, -0.2) is 80.0 Å². The molecule has 0 bridgehead atoms. The number of carbonyl (C=O) groups is 1. The van der Waals surface area contributed by atoms with Gasteiger partial charge in [-0.3, -0.25) is 19.3 Å². The molecule has 1 atom stereocenters. The largest absolute Gasteiger partial charge is 0.378 e. The Morgan fingerprint density at radius 2 is 1.90 bits per heavy atom. The van der Waals surface area contributed by atoms with Crippen molar-refractivity contribution in [2.24, 2.45) is 7.05 Å². The Labute approximate surface area is 276 Å². The summed E-state index contributed by atoms with van der Waals surface area (Å²) in [5.74, 6) is -0.210. The number of rotatable bonds is 8. The van der Waals surface area contributed by atoms with Crippen molar-refractivity contribution in [1.82, 2.24) is 28.8 Å². The summed E-state index contributed by atoms with van der Waals surface area (Å²) in [5.41, 5.74) is 2.59. The number of halogens is 1. The van der Waals surface area contributed by atoms with Gasteiger partial charge in [0.1, 0.15) is 17.3 Å². The molecule has 13 heteroatoms. The molecule has 7 rings (SSSR count). The monoisotopic (exact) mass is 652 g/mol. The summed E-state index contributed by atoms with van der Waals surface area (Å²) in [7, 11) is 1.58. The van der Waals surface area contributed by atoms with Gasteiger partial charge in [0.05, 0.1) is 53.9 Å². The smallest absolute Gasteiger partial charge is 0.280 e. The van der Waals surface area contributed by atoms with Crippen LogP contribution >= 0.6 is 0 Å². The van der Waals surface area contributed by atoms with E-state index in [1.54, 1.807) is 31.6 Å². The van der Waals surface area contributed by atoms with Crippen molar-refractivity contribution in [1.29, 1.82) is 0 Å². The minimum atomic E-state index is -0.668. The molecule has 0 amide bonds. The molecule has 1 N–H and O–H groups in total. The van der Waals surface area contributed by atoms with Crippen LogP contribution in [0.5, 0.6) is 0 Å². The van der Waals surface area contributed by atoms with Crippen LogP contribution in [0.4, 0.5) is 21.6 Å². The molecule has 248 valence electrons. The molecule has 0 spiro atoms. The lowest BCUT2D eigenvalue weighted by Gasteiger charge is -2.46. The second-order valence-electron chi connectivity index (χ2n) is 12.5. The van der Waals surface area contributed by atoms with Crippen molar-refractivity contribution in [3.8, 4) is 16.8 Å². The van der Waals surface area contributed by atoms with Gasteiger partial charge in [0.25, 0.3) is 11.1 Å². The number of nitrogens with zero attached hydrogens (tertiary/aromatic N) is 7. The van der Waals surface area contributed by atoms with Crippen LogP contribution in [-0.2, 0) is 18.3 Å². The van der Waals surface area contributed by atoms with Gasteiger partial charge in [-0.05, 0) is 56.7 Å². The van der Waals surface area contributed by atoms with E-state index < -0.39 is 11.4 Å². The topological polar surface area (TPSA) is 120 Å². The first kappa shape index (κ1) is 31.5. The Hall–Kier alpha value is -5.14. The Bertz CT molecular complexity index is 2150. The predicted octanol–water partition coefficient (Wildman–Crippen LogP) is 3.88.